The van der Waals surface area contributed by atoms with Gasteiger partial charge in [0.2, 0.25) is 0 Å². The normalized spacial score (nSPS) is 14.9. The molecule has 0 aliphatic heterocycles. The van der Waals surface area contributed by atoms with Crippen molar-refractivity contribution in [1.29, 1.82) is 0 Å². The number of halogens is 1. The fourth-order valence-electron chi connectivity index (χ4n) is 2.06. The third-order valence-corrected chi connectivity index (χ3v) is 3.16. The molecule has 0 saturated heterocycles. The highest BCUT2D eigenvalue weighted by molar-refractivity contribution is 5.34. The van der Waals surface area contributed by atoms with E-state index < -0.39 is 0 Å². The fraction of sp³-hybridized carbons (Fsp3) is 0.571. The van der Waals surface area contributed by atoms with E-state index in [-0.39, 0.29) is 17.6 Å². The summed E-state index contributed by atoms with van der Waals surface area (Å²) in [5, 5.41) is 13.1. The van der Waals surface area contributed by atoms with Crippen LogP contribution in [0.5, 0.6) is 5.75 Å². The molecule has 2 N–H and O–H groups in total. The van der Waals surface area contributed by atoms with Crippen molar-refractivity contribution in [3.8, 4) is 5.75 Å². The van der Waals surface area contributed by atoms with Crippen LogP contribution in [0.4, 0.5) is 4.39 Å². The Labute approximate surface area is 103 Å². The number of aromatic hydroxyl groups is 1. The van der Waals surface area contributed by atoms with Gasteiger partial charge in [-0.05, 0) is 37.5 Å². The lowest BCUT2D eigenvalue weighted by Crippen LogP contribution is -2.35. The Morgan fingerprint density at radius 2 is 1.94 bits per heavy atom. The quantitative estimate of drug-likeness (QED) is 0.822. The summed E-state index contributed by atoms with van der Waals surface area (Å²) in [7, 11) is 0. The highest BCUT2D eigenvalue weighted by Crippen LogP contribution is 2.25. The van der Waals surface area contributed by atoms with Crippen LogP contribution in [-0.4, -0.2) is 11.1 Å². The first-order valence-electron chi connectivity index (χ1n) is 6.20. The van der Waals surface area contributed by atoms with Crippen LogP contribution in [0, 0.1) is 11.7 Å². The molecule has 0 fully saturated rings. The Bertz CT molecular complexity index is 365. The van der Waals surface area contributed by atoms with Crippen LogP contribution in [0.15, 0.2) is 18.2 Å². The maximum absolute atomic E-state index is 13.1. The number of phenolic OH excluding ortho intramolecular Hbond substituents is 1. The van der Waals surface area contributed by atoms with Gasteiger partial charge in [-0.1, -0.05) is 20.8 Å². The van der Waals surface area contributed by atoms with Gasteiger partial charge in [-0.15, -0.1) is 0 Å². The molecule has 0 radical (unpaired) electrons. The molecule has 17 heavy (non-hydrogen) atoms. The molecule has 0 heterocycles. The van der Waals surface area contributed by atoms with Crippen molar-refractivity contribution in [3.05, 3.63) is 29.6 Å². The maximum atomic E-state index is 13.1. The van der Waals surface area contributed by atoms with Gasteiger partial charge in [0.25, 0.3) is 0 Å². The van der Waals surface area contributed by atoms with Crippen LogP contribution in [0.2, 0.25) is 0 Å². The topological polar surface area (TPSA) is 32.3 Å². The van der Waals surface area contributed by atoms with Crippen molar-refractivity contribution in [1.82, 2.24) is 5.32 Å². The van der Waals surface area contributed by atoms with E-state index >= 15 is 0 Å². The monoisotopic (exact) mass is 239 g/mol. The van der Waals surface area contributed by atoms with Gasteiger partial charge in [-0.25, -0.2) is 4.39 Å². The standard InChI is InChI=1S/C14H22FNO/c1-5-13(9(2)3)16-10(4)12-8-11(15)6-7-14(12)17/h6-10,13,16-17H,5H2,1-4H3. The highest BCUT2D eigenvalue weighted by atomic mass is 19.1. The van der Waals surface area contributed by atoms with Gasteiger partial charge in [-0.3, -0.25) is 0 Å². The van der Waals surface area contributed by atoms with Gasteiger partial charge in [0, 0.05) is 17.6 Å². The number of rotatable bonds is 5. The van der Waals surface area contributed by atoms with Crippen LogP contribution in [-0.2, 0) is 0 Å². The molecule has 0 bridgehead atoms. The summed E-state index contributed by atoms with van der Waals surface area (Å²) < 4.78 is 13.1. The summed E-state index contributed by atoms with van der Waals surface area (Å²) >= 11 is 0. The molecule has 0 saturated carbocycles. The van der Waals surface area contributed by atoms with E-state index in [1.54, 1.807) is 0 Å². The second-order valence-electron chi connectivity index (χ2n) is 4.85. The zero-order valence-electron chi connectivity index (χ0n) is 11.0. The second kappa shape index (κ2) is 6.01. The van der Waals surface area contributed by atoms with Gasteiger partial charge in [0.05, 0.1) is 0 Å². The van der Waals surface area contributed by atoms with Crippen molar-refractivity contribution in [2.24, 2.45) is 5.92 Å². The molecule has 3 heteroatoms. The number of phenols is 1. The third-order valence-electron chi connectivity index (χ3n) is 3.16. The average molecular weight is 239 g/mol. The molecule has 2 atom stereocenters. The molecule has 1 aromatic rings. The van der Waals surface area contributed by atoms with Crippen LogP contribution in [0.1, 0.15) is 45.7 Å². The van der Waals surface area contributed by atoms with Crippen molar-refractivity contribution in [3.63, 3.8) is 0 Å². The van der Waals surface area contributed by atoms with E-state index in [9.17, 15) is 9.50 Å². The molecule has 1 aromatic carbocycles. The molecule has 0 aliphatic rings. The van der Waals surface area contributed by atoms with Gasteiger partial charge < -0.3 is 10.4 Å². The average Bonchev–Trinajstić information content (AvgIpc) is 2.28. The van der Waals surface area contributed by atoms with Crippen LogP contribution in [0.3, 0.4) is 0 Å². The zero-order valence-corrected chi connectivity index (χ0v) is 11.0. The molecular weight excluding hydrogens is 217 g/mol. The number of nitrogens with one attached hydrogen (secondary N) is 1. The molecule has 0 spiro atoms. The van der Waals surface area contributed by atoms with E-state index in [4.69, 9.17) is 0 Å². The summed E-state index contributed by atoms with van der Waals surface area (Å²) in [6.07, 6.45) is 1.01. The lowest BCUT2D eigenvalue weighted by atomic mass is 9.99. The molecule has 0 aromatic heterocycles. The summed E-state index contributed by atoms with van der Waals surface area (Å²) in [5.41, 5.74) is 0.615. The van der Waals surface area contributed by atoms with Gasteiger partial charge >= 0.3 is 0 Å². The lowest BCUT2D eigenvalue weighted by Gasteiger charge is -2.26. The summed E-state index contributed by atoms with van der Waals surface area (Å²) in [4.78, 5) is 0. The summed E-state index contributed by atoms with van der Waals surface area (Å²) in [6, 6.07) is 4.37. The fourth-order valence-corrected chi connectivity index (χ4v) is 2.06. The van der Waals surface area contributed by atoms with Crippen molar-refractivity contribution in [2.75, 3.05) is 0 Å². The Hall–Kier alpha value is -1.09. The number of benzene rings is 1. The smallest absolute Gasteiger partial charge is 0.123 e. The van der Waals surface area contributed by atoms with E-state index in [0.29, 0.717) is 17.5 Å². The minimum atomic E-state index is -0.316. The number of hydrogen-bond donors (Lipinski definition) is 2. The van der Waals surface area contributed by atoms with Crippen molar-refractivity contribution >= 4 is 0 Å². The minimum absolute atomic E-state index is 0.0574. The van der Waals surface area contributed by atoms with E-state index in [1.807, 2.05) is 6.92 Å². The van der Waals surface area contributed by atoms with Crippen LogP contribution < -0.4 is 5.32 Å². The van der Waals surface area contributed by atoms with Crippen LogP contribution in [0.25, 0.3) is 0 Å². The van der Waals surface area contributed by atoms with E-state index in [1.165, 1.54) is 18.2 Å². The first-order chi connectivity index (χ1) is 7.95. The molecule has 0 aliphatic carbocycles. The Kier molecular flexibility index (Phi) is 4.94. The first kappa shape index (κ1) is 14.0. The SMILES string of the molecule is CCC(NC(C)c1cc(F)ccc1O)C(C)C. The second-order valence-corrected chi connectivity index (χ2v) is 4.85. The van der Waals surface area contributed by atoms with E-state index in [0.717, 1.165) is 6.42 Å². The molecule has 2 nitrogen and oxygen atoms in total. The zero-order chi connectivity index (χ0) is 13.0. The predicted molar refractivity (Wildman–Crippen MR) is 68.5 cm³/mol. The largest absolute Gasteiger partial charge is 0.508 e. The van der Waals surface area contributed by atoms with Crippen molar-refractivity contribution in [2.45, 2.75) is 46.2 Å². The molecule has 0 amide bonds. The summed E-state index contributed by atoms with van der Waals surface area (Å²) in [5.74, 6) is 0.340. The van der Waals surface area contributed by atoms with E-state index in [2.05, 4.69) is 26.1 Å². The maximum Gasteiger partial charge on any atom is 0.123 e. The summed E-state index contributed by atoms with van der Waals surface area (Å²) in [6.45, 7) is 8.37. The van der Waals surface area contributed by atoms with Gasteiger partial charge in [-0.2, -0.15) is 0 Å². The first-order valence-corrected chi connectivity index (χ1v) is 6.20. The molecule has 2 unspecified atom stereocenters. The Balaban J connectivity index is 2.81. The Morgan fingerprint density at radius 3 is 2.47 bits per heavy atom. The molecule has 96 valence electrons. The highest BCUT2D eigenvalue weighted by Gasteiger charge is 2.17. The van der Waals surface area contributed by atoms with Gasteiger partial charge in [0.1, 0.15) is 11.6 Å². The van der Waals surface area contributed by atoms with Crippen LogP contribution >= 0.6 is 0 Å². The third kappa shape index (κ3) is 3.70. The lowest BCUT2D eigenvalue weighted by molar-refractivity contribution is 0.349. The molecular formula is C14H22FNO. The predicted octanol–water partition coefficient (Wildman–Crippen LogP) is 3.62. The molecule has 1 rings (SSSR count). The minimum Gasteiger partial charge on any atom is -0.508 e. The van der Waals surface area contributed by atoms with Crippen molar-refractivity contribution < 1.29 is 9.50 Å². The number of hydrogen-bond acceptors (Lipinski definition) is 2. The Morgan fingerprint density at radius 1 is 1.29 bits per heavy atom. The van der Waals surface area contributed by atoms with Gasteiger partial charge in [0.15, 0.2) is 0 Å².